The van der Waals surface area contributed by atoms with E-state index in [1.807, 2.05) is 12.3 Å². The van der Waals surface area contributed by atoms with Crippen LogP contribution in [0.15, 0.2) is 134 Å². The van der Waals surface area contributed by atoms with E-state index in [9.17, 15) is 0 Å². The smallest absolute Gasteiger partial charge is 0.0702 e. The van der Waals surface area contributed by atoms with Crippen LogP contribution in [0.5, 0.6) is 0 Å². The molecule has 0 spiro atoms. The Hall–Kier alpha value is -4.95. The highest BCUT2D eigenvalue weighted by molar-refractivity contribution is 6.10. The van der Waals surface area contributed by atoms with Crippen molar-refractivity contribution in [1.29, 1.82) is 0 Å². The molecule has 5 aromatic carbocycles. The zero-order valence-corrected chi connectivity index (χ0v) is 24.0. The van der Waals surface area contributed by atoms with Crippen molar-refractivity contribution in [2.75, 3.05) is 0 Å². The molecule has 2 heterocycles. The van der Waals surface area contributed by atoms with Crippen LogP contribution in [0.4, 0.5) is 0 Å². The van der Waals surface area contributed by atoms with Crippen molar-refractivity contribution in [1.82, 2.24) is 9.55 Å². The third-order valence-electron chi connectivity index (χ3n) is 9.55. The first-order valence-electron chi connectivity index (χ1n) is 15.0. The lowest BCUT2D eigenvalue weighted by Gasteiger charge is -2.30. The van der Waals surface area contributed by atoms with E-state index in [0.29, 0.717) is 0 Å². The van der Waals surface area contributed by atoms with Crippen molar-refractivity contribution >= 4 is 21.8 Å². The van der Waals surface area contributed by atoms with Gasteiger partial charge in [-0.1, -0.05) is 86.6 Å². The predicted octanol–water partition coefficient (Wildman–Crippen LogP) is 10.6. The van der Waals surface area contributed by atoms with E-state index in [4.69, 9.17) is 0 Å². The summed E-state index contributed by atoms with van der Waals surface area (Å²) in [7, 11) is 0. The Balaban J connectivity index is 1.29. The average molecular weight is 541 g/mol. The second-order valence-corrected chi connectivity index (χ2v) is 11.4. The molecular weight excluding hydrogens is 508 g/mol. The molecule has 0 saturated carbocycles. The number of hydrogen-bond acceptors (Lipinski definition) is 1. The van der Waals surface area contributed by atoms with Crippen LogP contribution in [0.1, 0.15) is 37.8 Å². The second-order valence-electron chi connectivity index (χ2n) is 11.4. The molecule has 8 rings (SSSR count). The molecule has 1 aliphatic rings. The summed E-state index contributed by atoms with van der Waals surface area (Å²) in [6.45, 7) is 4.68. The molecule has 7 aromatic rings. The van der Waals surface area contributed by atoms with Crippen LogP contribution < -0.4 is 0 Å². The maximum atomic E-state index is 4.64. The lowest BCUT2D eigenvalue weighted by molar-refractivity contribution is 0.490. The van der Waals surface area contributed by atoms with E-state index in [1.54, 1.807) is 0 Å². The van der Waals surface area contributed by atoms with Gasteiger partial charge in [-0.15, -0.1) is 0 Å². The molecule has 2 aromatic heterocycles. The minimum absolute atomic E-state index is 0.0150. The van der Waals surface area contributed by atoms with Gasteiger partial charge in [-0.3, -0.25) is 4.98 Å². The monoisotopic (exact) mass is 540 g/mol. The molecule has 0 fully saturated rings. The Labute approximate surface area is 246 Å². The minimum atomic E-state index is -0.0150. The summed E-state index contributed by atoms with van der Waals surface area (Å²) in [6, 6.07) is 46.6. The largest absolute Gasteiger partial charge is 0.309 e. The highest BCUT2D eigenvalue weighted by Crippen LogP contribution is 2.54. The SMILES string of the molecule is CCC1(CC)c2cc(-c3ccc4c(c3)c3ccccc3n4-c3ccccc3)ccc2-c2ccc(-c3ccccn3)cc21. The first kappa shape index (κ1) is 24.8. The van der Waals surface area contributed by atoms with Gasteiger partial charge in [-0.05, 0) is 101 Å². The topological polar surface area (TPSA) is 17.8 Å². The third-order valence-corrected chi connectivity index (χ3v) is 9.55. The van der Waals surface area contributed by atoms with Crippen LogP contribution in [-0.2, 0) is 5.41 Å². The molecule has 2 nitrogen and oxygen atoms in total. The quantitative estimate of drug-likeness (QED) is 0.212. The van der Waals surface area contributed by atoms with Crippen LogP contribution in [0.3, 0.4) is 0 Å². The highest BCUT2D eigenvalue weighted by atomic mass is 15.0. The van der Waals surface area contributed by atoms with Crippen molar-refractivity contribution < 1.29 is 0 Å². The molecule has 0 bridgehead atoms. The molecule has 2 heteroatoms. The van der Waals surface area contributed by atoms with Crippen molar-refractivity contribution in [3.63, 3.8) is 0 Å². The van der Waals surface area contributed by atoms with Crippen molar-refractivity contribution in [2.45, 2.75) is 32.1 Å². The van der Waals surface area contributed by atoms with E-state index in [-0.39, 0.29) is 5.41 Å². The third kappa shape index (κ3) is 3.55. The first-order chi connectivity index (χ1) is 20.7. The van der Waals surface area contributed by atoms with Gasteiger partial charge in [0.2, 0.25) is 0 Å². The molecule has 0 radical (unpaired) electrons. The van der Waals surface area contributed by atoms with Crippen LogP contribution in [0.2, 0.25) is 0 Å². The number of nitrogens with zero attached hydrogens (tertiary/aromatic N) is 2. The summed E-state index contributed by atoms with van der Waals surface area (Å²) >= 11 is 0. The van der Waals surface area contributed by atoms with Gasteiger partial charge in [-0.25, -0.2) is 0 Å². The van der Waals surface area contributed by atoms with E-state index < -0.39 is 0 Å². The summed E-state index contributed by atoms with van der Waals surface area (Å²) < 4.78 is 2.38. The predicted molar refractivity (Wildman–Crippen MR) is 176 cm³/mol. The fourth-order valence-electron chi connectivity index (χ4n) is 7.39. The second kappa shape index (κ2) is 9.56. The first-order valence-corrected chi connectivity index (χ1v) is 15.0. The summed E-state index contributed by atoms with van der Waals surface area (Å²) in [5.74, 6) is 0. The maximum absolute atomic E-state index is 4.64. The number of para-hydroxylation sites is 2. The fourth-order valence-corrected chi connectivity index (χ4v) is 7.39. The van der Waals surface area contributed by atoms with Gasteiger partial charge < -0.3 is 4.57 Å². The molecule has 0 unspecified atom stereocenters. The van der Waals surface area contributed by atoms with Gasteiger partial charge in [0, 0.05) is 33.6 Å². The summed E-state index contributed by atoms with van der Waals surface area (Å²) in [5.41, 5.74) is 14.0. The lowest BCUT2D eigenvalue weighted by Crippen LogP contribution is -2.23. The Morgan fingerprint density at radius 1 is 0.548 bits per heavy atom. The Morgan fingerprint density at radius 2 is 1.17 bits per heavy atom. The number of fused-ring (bicyclic) bond motifs is 6. The molecule has 42 heavy (non-hydrogen) atoms. The van der Waals surface area contributed by atoms with Gasteiger partial charge in [0.25, 0.3) is 0 Å². The number of hydrogen-bond donors (Lipinski definition) is 0. The number of rotatable bonds is 5. The van der Waals surface area contributed by atoms with Gasteiger partial charge in [0.05, 0.1) is 16.7 Å². The van der Waals surface area contributed by atoms with E-state index >= 15 is 0 Å². The maximum Gasteiger partial charge on any atom is 0.0702 e. The summed E-state index contributed by atoms with van der Waals surface area (Å²) in [5, 5.41) is 2.57. The van der Waals surface area contributed by atoms with E-state index in [1.165, 1.54) is 66.4 Å². The van der Waals surface area contributed by atoms with Gasteiger partial charge >= 0.3 is 0 Å². The molecule has 0 N–H and O–H groups in total. The highest BCUT2D eigenvalue weighted by Gasteiger charge is 2.40. The normalized spacial score (nSPS) is 13.4. The zero-order valence-electron chi connectivity index (χ0n) is 24.0. The molecule has 0 aliphatic heterocycles. The molecule has 1 aliphatic carbocycles. The minimum Gasteiger partial charge on any atom is -0.309 e. The molecular formula is C40H32N2. The van der Waals surface area contributed by atoms with Crippen LogP contribution >= 0.6 is 0 Å². The standard InChI is InChI=1S/C40H32N2/c1-3-40(4-2)35-25-28(17-20-31(35)32-21-18-29(26-36(32)40)37-15-10-11-23-41-37)27-19-22-39-34(24-27)33-14-8-9-16-38(33)42(39)30-12-6-5-7-13-30/h5-26H,3-4H2,1-2H3. The van der Waals surface area contributed by atoms with Crippen LogP contribution in [0, 0.1) is 0 Å². The van der Waals surface area contributed by atoms with Crippen LogP contribution in [-0.4, -0.2) is 9.55 Å². The lowest BCUT2D eigenvalue weighted by atomic mass is 9.73. The molecule has 0 saturated heterocycles. The van der Waals surface area contributed by atoms with Crippen molar-refractivity contribution in [3.8, 4) is 39.2 Å². The van der Waals surface area contributed by atoms with Crippen molar-refractivity contribution in [2.24, 2.45) is 0 Å². The number of benzene rings is 5. The average Bonchev–Trinajstić information content (AvgIpc) is 3.54. The number of aromatic nitrogens is 2. The Morgan fingerprint density at radius 3 is 1.90 bits per heavy atom. The van der Waals surface area contributed by atoms with Crippen molar-refractivity contribution in [3.05, 3.63) is 145 Å². The molecule has 0 atom stereocenters. The Kier molecular flexibility index (Phi) is 5.65. The molecule has 0 amide bonds. The van der Waals surface area contributed by atoms with E-state index in [0.717, 1.165) is 18.5 Å². The van der Waals surface area contributed by atoms with E-state index in [2.05, 4.69) is 145 Å². The summed E-state index contributed by atoms with van der Waals surface area (Å²) in [6.07, 6.45) is 4.00. The van der Waals surface area contributed by atoms with Gasteiger partial charge in [0.1, 0.15) is 0 Å². The zero-order chi connectivity index (χ0) is 28.3. The fraction of sp³-hybridized carbons (Fsp3) is 0.125. The Bertz CT molecular complexity index is 2100. The molecule has 202 valence electrons. The van der Waals surface area contributed by atoms with Gasteiger partial charge in [-0.2, -0.15) is 0 Å². The van der Waals surface area contributed by atoms with Crippen LogP contribution in [0.25, 0.3) is 61.0 Å². The van der Waals surface area contributed by atoms with Gasteiger partial charge in [0.15, 0.2) is 0 Å². The number of pyridine rings is 1. The summed E-state index contributed by atoms with van der Waals surface area (Å²) in [4.78, 5) is 4.64.